The quantitative estimate of drug-likeness (QED) is 0.411. The van der Waals surface area contributed by atoms with Gasteiger partial charge in [-0.3, -0.25) is 19.7 Å². The Bertz CT molecular complexity index is 1310. The molecule has 0 atom stereocenters. The maximum absolute atomic E-state index is 13.9. The molecule has 3 aromatic rings. The molecule has 2 aromatic carbocycles. The molecule has 2 bridgehead atoms. The summed E-state index contributed by atoms with van der Waals surface area (Å²) in [6, 6.07) is 8.10. The van der Waals surface area contributed by atoms with Crippen molar-refractivity contribution in [3.05, 3.63) is 64.3 Å². The van der Waals surface area contributed by atoms with E-state index in [4.69, 9.17) is 4.74 Å². The van der Waals surface area contributed by atoms with E-state index in [1.807, 2.05) is 0 Å². The molecule has 3 amide bonds. The van der Waals surface area contributed by atoms with Gasteiger partial charge in [0.15, 0.2) is 0 Å². The molecule has 0 spiro atoms. The van der Waals surface area contributed by atoms with E-state index in [1.54, 1.807) is 36.1 Å². The second-order valence-corrected chi connectivity index (χ2v) is 10.1. The topological polar surface area (TPSA) is 88.5 Å². The van der Waals surface area contributed by atoms with Crippen molar-refractivity contribution in [1.82, 2.24) is 20.0 Å². The summed E-state index contributed by atoms with van der Waals surface area (Å²) in [5, 5.41) is 8.93. The fourth-order valence-electron chi connectivity index (χ4n) is 5.28. The van der Waals surface area contributed by atoms with Crippen LogP contribution in [0.2, 0.25) is 0 Å². The normalized spacial score (nSPS) is 18.7. The Morgan fingerprint density at radius 2 is 1.84 bits per heavy atom. The molecule has 0 aliphatic carbocycles. The average molecular weight is 574 g/mol. The van der Waals surface area contributed by atoms with E-state index in [0.717, 1.165) is 28.8 Å². The fraction of sp³-hybridized carbons (Fsp3) is 0.346. The van der Waals surface area contributed by atoms with Crippen LogP contribution in [0.5, 0.6) is 5.75 Å². The number of nitrogens with one attached hydrogen (secondary N) is 2. The zero-order valence-electron chi connectivity index (χ0n) is 20.1. The van der Waals surface area contributed by atoms with Crippen molar-refractivity contribution < 1.29 is 23.1 Å². The van der Waals surface area contributed by atoms with Gasteiger partial charge in [0.2, 0.25) is 0 Å². The van der Waals surface area contributed by atoms with E-state index in [2.05, 4.69) is 36.6 Å². The summed E-state index contributed by atoms with van der Waals surface area (Å²) in [5.41, 5.74) is 1.40. The van der Waals surface area contributed by atoms with Crippen LogP contribution in [0.1, 0.15) is 36.0 Å². The van der Waals surface area contributed by atoms with Crippen molar-refractivity contribution in [2.24, 2.45) is 7.05 Å². The number of aromatic nitrogens is 2. The Morgan fingerprint density at radius 3 is 2.49 bits per heavy atom. The molecule has 8 nitrogen and oxygen atoms in total. The van der Waals surface area contributed by atoms with Crippen LogP contribution in [0.4, 0.5) is 19.3 Å². The van der Waals surface area contributed by atoms with E-state index < -0.39 is 29.1 Å². The third-order valence-electron chi connectivity index (χ3n) is 7.00. The highest BCUT2D eigenvalue weighted by atomic mass is 79.9. The largest absolute Gasteiger partial charge is 0.492 e. The van der Waals surface area contributed by atoms with Crippen molar-refractivity contribution in [2.45, 2.75) is 37.8 Å². The van der Waals surface area contributed by atoms with Gasteiger partial charge in [-0.15, -0.1) is 0 Å². The Kier molecular flexibility index (Phi) is 7.25. The van der Waals surface area contributed by atoms with Crippen molar-refractivity contribution >= 4 is 33.6 Å². The molecule has 2 N–H and O–H groups in total. The second kappa shape index (κ2) is 10.6. The minimum Gasteiger partial charge on any atom is -0.492 e. The molecule has 3 heterocycles. The van der Waals surface area contributed by atoms with Crippen molar-refractivity contribution in [3.8, 4) is 17.0 Å². The summed E-state index contributed by atoms with van der Waals surface area (Å²) in [5.74, 6) is -2.23. The van der Waals surface area contributed by atoms with Gasteiger partial charge in [-0.25, -0.2) is 13.6 Å². The number of carbonyl (C=O) groups excluding carboxylic acids is 2. The van der Waals surface area contributed by atoms with Crippen LogP contribution in [0, 0.1) is 11.6 Å². The number of benzene rings is 2. The summed E-state index contributed by atoms with van der Waals surface area (Å²) < 4.78 is 35.7. The molecule has 11 heteroatoms. The van der Waals surface area contributed by atoms with E-state index in [1.165, 1.54) is 25.7 Å². The lowest BCUT2D eigenvalue weighted by atomic mass is 10.0. The molecule has 0 saturated carbocycles. The van der Waals surface area contributed by atoms with Crippen molar-refractivity contribution in [2.75, 3.05) is 18.5 Å². The van der Waals surface area contributed by atoms with Gasteiger partial charge in [0.1, 0.15) is 24.0 Å². The number of halogens is 3. The van der Waals surface area contributed by atoms with E-state index in [9.17, 15) is 18.4 Å². The van der Waals surface area contributed by atoms with Gasteiger partial charge in [0.05, 0.1) is 21.9 Å². The molecule has 2 aliphatic heterocycles. The molecule has 2 aliphatic rings. The highest BCUT2D eigenvalue weighted by Gasteiger charge is 2.38. The zero-order valence-corrected chi connectivity index (χ0v) is 21.7. The van der Waals surface area contributed by atoms with Crippen LogP contribution in [-0.2, 0) is 7.05 Å². The Balaban J connectivity index is 1.30. The second-order valence-electron chi connectivity index (χ2n) is 9.26. The first-order valence-corrected chi connectivity index (χ1v) is 12.9. The number of hydrogen-bond donors (Lipinski definition) is 2. The number of imide groups is 1. The van der Waals surface area contributed by atoms with Crippen LogP contribution in [0.3, 0.4) is 0 Å². The first-order chi connectivity index (χ1) is 17.8. The summed E-state index contributed by atoms with van der Waals surface area (Å²) in [6.07, 6.45) is 6.71. The number of nitrogens with zero attached hydrogens (tertiary/aromatic N) is 3. The van der Waals surface area contributed by atoms with Gasteiger partial charge in [0.25, 0.3) is 5.91 Å². The lowest BCUT2D eigenvalue weighted by Gasteiger charge is -2.22. The fourth-order valence-corrected chi connectivity index (χ4v) is 5.85. The first-order valence-electron chi connectivity index (χ1n) is 12.1. The minimum absolute atomic E-state index is 0.387. The average Bonchev–Trinajstić information content (AvgIpc) is 3.53. The van der Waals surface area contributed by atoms with Gasteiger partial charge >= 0.3 is 6.03 Å². The van der Waals surface area contributed by atoms with Crippen LogP contribution >= 0.6 is 15.9 Å². The highest BCUT2D eigenvalue weighted by molar-refractivity contribution is 9.10. The number of rotatable bonds is 7. The van der Waals surface area contributed by atoms with Crippen molar-refractivity contribution in [3.63, 3.8) is 0 Å². The molecule has 1 aromatic heterocycles. The lowest BCUT2D eigenvalue weighted by molar-refractivity contribution is 0.0963. The monoisotopic (exact) mass is 573 g/mol. The van der Waals surface area contributed by atoms with Gasteiger partial charge in [-0.1, -0.05) is 0 Å². The molecule has 194 valence electrons. The lowest BCUT2D eigenvalue weighted by Crippen LogP contribution is -2.34. The number of carbonyl (C=O) groups is 2. The summed E-state index contributed by atoms with van der Waals surface area (Å²) in [4.78, 5) is 27.3. The van der Waals surface area contributed by atoms with Crippen LogP contribution in [-0.4, -0.2) is 51.9 Å². The Morgan fingerprint density at radius 1 is 1.11 bits per heavy atom. The summed E-state index contributed by atoms with van der Waals surface area (Å²) >= 11 is 3.53. The summed E-state index contributed by atoms with van der Waals surface area (Å²) in [7, 11) is 1.80. The predicted octanol–water partition coefficient (Wildman–Crippen LogP) is 5.10. The van der Waals surface area contributed by atoms with Crippen LogP contribution in [0.15, 0.2) is 47.1 Å². The Labute approximate surface area is 221 Å². The van der Waals surface area contributed by atoms with E-state index >= 15 is 0 Å². The van der Waals surface area contributed by atoms with Gasteiger partial charge in [0, 0.05) is 43.0 Å². The molecule has 2 saturated heterocycles. The number of aryl methyl sites for hydroxylation is 1. The number of urea groups is 1. The number of ether oxygens (including phenoxy) is 1. The molecule has 5 rings (SSSR count). The maximum Gasteiger partial charge on any atom is 0.326 e. The van der Waals surface area contributed by atoms with Crippen LogP contribution in [0.25, 0.3) is 11.3 Å². The third-order valence-corrected chi connectivity index (χ3v) is 7.58. The molecule has 0 unspecified atom stereocenters. The molecule has 2 fully saturated rings. The third kappa shape index (κ3) is 5.37. The van der Waals surface area contributed by atoms with Gasteiger partial charge in [-0.05, 0) is 71.9 Å². The SMILES string of the molecule is Cn1ncc(Br)c1-c1cc(NC(=O)NC(=O)c2ccc(F)cc2F)ccc1OCCN1C2CCC1CC2. The standard InChI is InChI=1S/C26H26BrF2N5O3/c1-33-24(21(27)14-30-33)20-13-16(31-26(36)32-25(35)19-8-2-15(28)12-22(19)29)3-9-23(20)37-11-10-34-17-4-5-18(34)7-6-17/h2-3,8-9,12-14,17-18H,4-7,10-11H2,1H3,(H2,31,32,35,36). The maximum atomic E-state index is 13.9. The Hall–Kier alpha value is -3.31. The van der Waals surface area contributed by atoms with Gasteiger partial charge < -0.3 is 10.1 Å². The van der Waals surface area contributed by atoms with Gasteiger partial charge in [-0.2, -0.15) is 5.10 Å². The molecular weight excluding hydrogens is 548 g/mol. The van der Waals surface area contributed by atoms with Crippen molar-refractivity contribution in [1.29, 1.82) is 0 Å². The molecular formula is C26H26BrF2N5O3. The summed E-state index contributed by atoms with van der Waals surface area (Å²) in [6.45, 7) is 1.38. The number of anilines is 1. The van der Waals surface area contributed by atoms with Crippen LogP contribution < -0.4 is 15.4 Å². The predicted molar refractivity (Wildman–Crippen MR) is 137 cm³/mol. The molecule has 0 radical (unpaired) electrons. The van der Waals surface area contributed by atoms with E-state index in [0.29, 0.717) is 41.8 Å². The number of fused-ring (bicyclic) bond motifs is 2. The highest BCUT2D eigenvalue weighted by Crippen LogP contribution is 2.38. The first kappa shape index (κ1) is 25.3. The smallest absolute Gasteiger partial charge is 0.326 e. The zero-order chi connectivity index (χ0) is 26.1. The number of amides is 3. The van der Waals surface area contributed by atoms with E-state index in [-0.39, 0.29) is 0 Å². The molecule has 37 heavy (non-hydrogen) atoms. The minimum atomic E-state index is -1.06. The number of hydrogen-bond acceptors (Lipinski definition) is 5.